The second-order valence-electron chi connectivity index (χ2n) is 12.6. The molecule has 0 aliphatic carbocycles. The third kappa shape index (κ3) is 11.2. The molecule has 10 nitrogen and oxygen atoms in total. The average molecular weight is 662 g/mol. The van der Waals surface area contributed by atoms with Gasteiger partial charge in [-0.25, -0.2) is 0 Å². The van der Waals surface area contributed by atoms with Gasteiger partial charge >= 0.3 is 0 Å². The van der Waals surface area contributed by atoms with Gasteiger partial charge in [-0.15, -0.1) is 0 Å². The van der Waals surface area contributed by atoms with Crippen LogP contribution in [0.25, 0.3) is 0 Å². The van der Waals surface area contributed by atoms with Gasteiger partial charge in [-0.05, 0) is 42.2 Å². The van der Waals surface area contributed by atoms with Crippen LogP contribution in [0.4, 0.5) is 0 Å². The fourth-order valence-electron chi connectivity index (χ4n) is 5.61. The lowest BCUT2D eigenvalue weighted by molar-refractivity contribution is -0.141. The van der Waals surface area contributed by atoms with Crippen LogP contribution in [0.1, 0.15) is 77.8 Å². The van der Waals surface area contributed by atoms with Crippen LogP contribution in [-0.2, 0) is 35.5 Å². The summed E-state index contributed by atoms with van der Waals surface area (Å²) >= 11 is 3.40. The van der Waals surface area contributed by atoms with Crippen LogP contribution in [0, 0.1) is 11.8 Å². The monoisotopic (exact) mass is 661 g/mol. The number of rotatable bonds is 4. The number of fused-ring (bicyclic) bond motifs is 2. The summed E-state index contributed by atoms with van der Waals surface area (Å²) in [5, 5.41) is 11.9. The van der Waals surface area contributed by atoms with Gasteiger partial charge in [0.1, 0.15) is 17.6 Å². The van der Waals surface area contributed by atoms with Crippen molar-refractivity contribution in [3.63, 3.8) is 0 Å². The van der Waals surface area contributed by atoms with Gasteiger partial charge in [0.2, 0.25) is 29.5 Å². The molecule has 1 aromatic rings. The molecule has 0 aromatic heterocycles. The van der Waals surface area contributed by atoms with Crippen LogP contribution in [0.2, 0.25) is 0 Å². The Kier molecular flexibility index (Phi) is 14.6. The van der Waals surface area contributed by atoms with Gasteiger partial charge in [0.25, 0.3) is 0 Å². The van der Waals surface area contributed by atoms with Gasteiger partial charge in [0.15, 0.2) is 0 Å². The molecule has 1 unspecified atom stereocenters. The lowest BCUT2D eigenvalue weighted by Crippen LogP contribution is -2.66. The van der Waals surface area contributed by atoms with E-state index in [9.17, 15) is 24.0 Å². The number of likely N-dealkylation sites (tertiary alicyclic amines) is 1. The van der Waals surface area contributed by atoms with E-state index < -0.39 is 29.4 Å². The van der Waals surface area contributed by atoms with Crippen molar-refractivity contribution >= 4 is 53.1 Å². The highest BCUT2D eigenvalue weighted by Gasteiger charge is 2.44. The summed E-state index contributed by atoms with van der Waals surface area (Å²) in [6.45, 7) is 10.5. The van der Waals surface area contributed by atoms with E-state index in [4.69, 9.17) is 0 Å². The summed E-state index contributed by atoms with van der Waals surface area (Å²) < 4.78 is 0. The van der Waals surface area contributed by atoms with Crippen LogP contribution < -0.4 is 21.3 Å². The van der Waals surface area contributed by atoms with Crippen LogP contribution in [0.3, 0.4) is 0 Å². The highest BCUT2D eigenvalue weighted by molar-refractivity contribution is 7.98. The molecule has 1 spiro atoms. The summed E-state index contributed by atoms with van der Waals surface area (Å²) in [4.78, 5) is 68.0. The summed E-state index contributed by atoms with van der Waals surface area (Å²) in [6, 6.07) is 6.75. The maximum Gasteiger partial charge on any atom is 0.246 e. The molecule has 2 aliphatic heterocycles. The Morgan fingerprint density at radius 2 is 1.62 bits per heavy atom. The highest BCUT2D eigenvalue weighted by atomic mass is 32.2. The van der Waals surface area contributed by atoms with Crippen LogP contribution >= 0.6 is 23.5 Å². The number of carbonyl (C=O) groups is 5. The lowest BCUT2D eigenvalue weighted by Gasteiger charge is -2.41. The first-order valence-electron chi connectivity index (χ1n) is 16.1. The number of thioether (sulfide) groups is 2. The van der Waals surface area contributed by atoms with Crippen molar-refractivity contribution < 1.29 is 24.0 Å². The van der Waals surface area contributed by atoms with Crippen molar-refractivity contribution in [3.05, 3.63) is 35.4 Å². The fourth-order valence-corrected chi connectivity index (χ4v) is 7.30. The molecule has 1 saturated heterocycles. The van der Waals surface area contributed by atoms with E-state index in [1.54, 1.807) is 28.4 Å². The van der Waals surface area contributed by atoms with Crippen LogP contribution in [0.15, 0.2) is 24.3 Å². The van der Waals surface area contributed by atoms with Crippen molar-refractivity contribution in [2.75, 3.05) is 31.1 Å². The number of hydrogen-bond donors (Lipinski definition) is 4. The first-order valence-corrected chi connectivity index (χ1v) is 18.4. The molecule has 1 fully saturated rings. The van der Waals surface area contributed by atoms with Gasteiger partial charge < -0.3 is 26.2 Å². The van der Waals surface area contributed by atoms with E-state index in [0.29, 0.717) is 38.2 Å². The molecule has 2 aliphatic rings. The normalized spacial score (nSPS) is 23.6. The molecular formula is C33H51N5O5S2. The topological polar surface area (TPSA) is 137 Å². The predicted molar refractivity (Wildman–Crippen MR) is 182 cm³/mol. The molecule has 1 aromatic carbocycles. The first-order chi connectivity index (χ1) is 21.4. The number of nitrogens with one attached hydrogen (secondary N) is 4. The smallest absolute Gasteiger partial charge is 0.246 e. The SMILES string of the molecule is CC[C@H](C)[C@@H]1NC(=O)C(CC(C)C)NC(=O)C2(CCN(C(C)=O)CC2)NC(=O)CCSCc2cccc(c2)CSCCNC1=O. The summed E-state index contributed by atoms with van der Waals surface area (Å²) in [5.41, 5.74) is 1.14. The molecule has 2 bridgehead atoms. The molecule has 5 amide bonds. The molecule has 2 heterocycles. The molecule has 250 valence electrons. The van der Waals surface area contributed by atoms with E-state index >= 15 is 0 Å². The van der Waals surface area contributed by atoms with Crippen LogP contribution in [0.5, 0.6) is 0 Å². The van der Waals surface area contributed by atoms with Crippen LogP contribution in [-0.4, -0.2) is 83.2 Å². The fraction of sp³-hybridized carbons (Fsp3) is 0.667. The second kappa shape index (κ2) is 17.8. The van der Waals surface area contributed by atoms with Gasteiger partial charge in [-0.1, -0.05) is 58.4 Å². The summed E-state index contributed by atoms with van der Waals surface area (Å²) in [6.07, 6.45) is 1.79. The minimum atomic E-state index is -1.25. The Morgan fingerprint density at radius 3 is 2.22 bits per heavy atom. The standard InChI is InChI=1S/C33H51N5O5S2/c1-6-23(4)29-31(42)34-13-17-45-21-26-9-7-8-25(19-26)20-44-16-10-28(40)37-33(11-14-38(15-12-33)24(5)39)32(43)35-27(18-22(2)3)30(41)36-29/h7-9,19,22-23,27,29H,6,10-18,20-21H2,1-5H3,(H,34,42)(H,35,43)(H,36,41)(H,37,40)/t23-,27?,29-/m0/s1. The van der Waals surface area contributed by atoms with E-state index in [2.05, 4.69) is 39.5 Å². The van der Waals surface area contributed by atoms with Gasteiger partial charge in [-0.2, -0.15) is 23.5 Å². The number of hydrogen-bond acceptors (Lipinski definition) is 7. The van der Waals surface area contributed by atoms with Gasteiger partial charge in [0, 0.05) is 56.0 Å². The number of piperidine rings is 1. The van der Waals surface area contributed by atoms with Crippen molar-refractivity contribution in [3.8, 4) is 0 Å². The first kappa shape index (κ1) is 36.7. The molecule has 3 atom stereocenters. The molecule has 45 heavy (non-hydrogen) atoms. The molecule has 3 rings (SSSR count). The Morgan fingerprint density at radius 1 is 0.978 bits per heavy atom. The lowest BCUT2D eigenvalue weighted by atomic mass is 9.85. The Labute approximate surface area is 276 Å². The summed E-state index contributed by atoms with van der Waals surface area (Å²) in [5.74, 6) is 1.45. The van der Waals surface area contributed by atoms with E-state index in [-0.39, 0.29) is 48.8 Å². The zero-order valence-corrected chi connectivity index (χ0v) is 29.0. The van der Waals surface area contributed by atoms with E-state index in [1.165, 1.54) is 18.1 Å². The number of amides is 5. The van der Waals surface area contributed by atoms with Crippen molar-refractivity contribution in [2.45, 2.75) is 95.9 Å². The maximum atomic E-state index is 14.0. The molecule has 4 N–H and O–H groups in total. The van der Waals surface area contributed by atoms with Crippen molar-refractivity contribution in [2.24, 2.45) is 11.8 Å². The number of nitrogens with zero attached hydrogens (tertiary/aromatic N) is 1. The minimum Gasteiger partial charge on any atom is -0.353 e. The molecule has 0 radical (unpaired) electrons. The zero-order valence-electron chi connectivity index (χ0n) is 27.4. The quantitative estimate of drug-likeness (QED) is 0.389. The largest absolute Gasteiger partial charge is 0.353 e. The van der Waals surface area contributed by atoms with E-state index in [0.717, 1.165) is 17.3 Å². The number of benzene rings is 1. The van der Waals surface area contributed by atoms with Crippen molar-refractivity contribution in [1.82, 2.24) is 26.2 Å². The minimum absolute atomic E-state index is 0.0780. The Balaban J connectivity index is 1.88. The van der Waals surface area contributed by atoms with Crippen molar-refractivity contribution in [1.29, 1.82) is 0 Å². The number of carbonyl (C=O) groups excluding carboxylic acids is 5. The maximum absolute atomic E-state index is 14.0. The second-order valence-corrected chi connectivity index (χ2v) is 14.8. The molecule has 0 saturated carbocycles. The Bertz CT molecular complexity index is 1190. The predicted octanol–water partition coefficient (Wildman–Crippen LogP) is 3.23. The highest BCUT2D eigenvalue weighted by Crippen LogP contribution is 2.25. The average Bonchev–Trinajstić information content (AvgIpc) is 3.00. The van der Waals surface area contributed by atoms with Gasteiger partial charge in [-0.3, -0.25) is 24.0 Å². The van der Waals surface area contributed by atoms with Gasteiger partial charge in [0.05, 0.1) is 0 Å². The zero-order chi connectivity index (χ0) is 33.0. The third-order valence-electron chi connectivity index (χ3n) is 8.55. The van der Waals surface area contributed by atoms with E-state index in [1.807, 2.05) is 33.8 Å². The summed E-state index contributed by atoms with van der Waals surface area (Å²) in [7, 11) is 0. The molecule has 12 heteroatoms. The molecular weight excluding hydrogens is 611 g/mol. The Hall–Kier alpha value is -2.73. The third-order valence-corrected chi connectivity index (χ3v) is 10.6.